The summed E-state index contributed by atoms with van der Waals surface area (Å²) >= 11 is 0. The largest absolute Gasteiger partial charge is 0.457 e. The smallest absolute Gasteiger partial charge is 0.412 e. The zero-order valence-electron chi connectivity index (χ0n) is 28.1. The highest BCUT2D eigenvalue weighted by Crippen LogP contribution is 2.25. The number of ketones is 1. The number of nitrogens with zero attached hydrogens (tertiary/aromatic N) is 3. The number of ether oxygens (including phenoxy) is 2. The number of allylic oxidation sites excluding steroid dienone is 2. The molecule has 2 aliphatic rings. The Balaban J connectivity index is 1.57. The van der Waals surface area contributed by atoms with Crippen molar-refractivity contribution in [3.63, 3.8) is 0 Å². The number of carbonyl (C=O) groups is 5. The summed E-state index contributed by atoms with van der Waals surface area (Å²) in [5.41, 5.74) is 0.652. The second-order valence-corrected chi connectivity index (χ2v) is 12.1. The molecule has 2 aromatic rings. The Morgan fingerprint density at radius 3 is 2.60 bits per heavy atom. The summed E-state index contributed by atoms with van der Waals surface area (Å²) < 4.78 is 16.8. The number of amides is 3. The third kappa shape index (κ3) is 10.3. The molecule has 2 bridgehead atoms. The number of esters is 1. The fourth-order valence-electron chi connectivity index (χ4n) is 5.34. The van der Waals surface area contributed by atoms with E-state index in [9.17, 15) is 34.1 Å². The predicted octanol–water partition coefficient (Wildman–Crippen LogP) is 4.82. The number of Topliss-reactive ketones (excluding diaryl/α,β-unsaturated/α-hetero) is 1. The number of nitro groups is 1. The molecule has 15 heteroatoms. The van der Waals surface area contributed by atoms with Gasteiger partial charge in [0.15, 0.2) is 5.69 Å². The highest BCUT2D eigenvalue weighted by Gasteiger charge is 2.33. The van der Waals surface area contributed by atoms with E-state index >= 15 is 0 Å². The molecular formula is C35H39N5O10. The molecule has 3 amide bonds. The van der Waals surface area contributed by atoms with Crippen LogP contribution in [0.3, 0.4) is 0 Å². The van der Waals surface area contributed by atoms with Gasteiger partial charge < -0.3 is 24.1 Å². The Labute approximate surface area is 288 Å². The van der Waals surface area contributed by atoms with Gasteiger partial charge in [-0.25, -0.2) is 14.6 Å². The zero-order valence-corrected chi connectivity index (χ0v) is 28.1. The molecule has 0 saturated heterocycles. The van der Waals surface area contributed by atoms with Crippen LogP contribution in [0.5, 0.6) is 0 Å². The molecule has 0 spiro atoms. The number of benzene rings is 1. The van der Waals surface area contributed by atoms with Crippen LogP contribution in [0.4, 0.5) is 16.2 Å². The Kier molecular flexibility index (Phi) is 12.6. The van der Waals surface area contributed by atoms with Crippen LogP contribution in [-0.4, -0.2) is 69.8 Å². The first kappa shape index (κ1) is 37.0. The minimum atomic E-state index is -1.06. The number of hydrogen-bond acceptors (Lipinski definition) is 11. The average Bonchev–Trinajstić information content (AvgIpc) is 3.74. The number of anilines is 1. The fourth-order valence-corrected chi connectivity index (χ4v) is 5.34. The fraction of sp³-hybridized carbons (Fsp3) is 0.371. The van der Waals surface area contributed by atoms with Gasteiger partial charge in [-0.1, -0.05) is 50.6 Å². The maximum atomic E-state index is 13.4. The van der Waals surface area contributed by atoms with Crippen molar-refractivity contribution in [2.45, 2.75) is 59.2 Å². The molecule has 0 saturated carbocycles. The molecule has 3 atom stereocenters. The van der Waals surface area contributed by atoms with E-state index in [1.165, 1.54) is 35.2 Å². The third-order valence-corrected chi connectivity index (χ3v) is 7.76. The number of nitro benzene ring substituents is 1. The van der Waals surface area contributed by atoms with E-state index in [-0.39, 0.29) is 72.3 Å². The highest BCUT2D eigenvalue weighted by atomic mass is 16.6. The van der Waals surface area contributed by atoms with Gasteiger partial charge in [-0.05, 0) is 43.5 Å². The number of nitrogens with one attached hydrogen (secondary N) is 2. The molecular weight excluding hydrogens is 650 g/mol. The van der Waals surface area contributed by atoms with Crippen molar-refractivity contribution >= 4 is 41.0 Å². The predicted molar refractivity (Wildman–Crippen MR) is 179 cm³/mol. The van der Waals surface area contributed by atoms with Crippen LogP contribution >= 0.6 is 0 Å². The summed E-state index contributed by atoms with van der Waals surface area (Å²) in [5.74, 6) is -2.56. The number of carbonyl (C=O) groups excluding carboxylic acids is 5. The van der Waals surface area contributed by atoms with Gasteiger partial charge in [0, 0.05) is 43.2 Å². The monoisotopic (exact) mass is 689 g/mol. The molecule has 2 N–H and O–H groups in total. The van der Waals surface area contributed by atoms with Gasteiger partial charge in [0.1, 0.15) is 30.0 Å². The maximum Gasteiger partial charge on any atom is 0.412 e. The number of hydrogen-bond donors (Lipinski definition) is 2. The number of aromatic nitrogens is 1. The van der Waals surface area contributed by atoms with Gasteiger partial charge in [-0.2, -0.15) is 0 Å². The summed E-state index contributed by atoms with van der Waals surface area (Å²) in [4.78, 5) is 80.9. The van der Waals surface area contributed by atoms with Crippen LogP contribution in [0.15, 0.2) is 82.7 Å². The molecule has 50 heavy (non-hydrogen) atoms. The number of oxazole rings is 1. The number of non-ortho nitro benzene ring substituents is 1. The molecule has 0 aliphatic carbocycles. The minimum Gasteiger partial charge on any atom is -0.457 e. The lowest BCUT2D eigenvalue weighted by Gasteiger charge is -2.27. The number of cyclic esters (lactones) is 1. The van der Waals surface area contributed by atoms with Gasteiger partial charge in [0.25, 0.3) is 11.6 Å². The Hall–Kier alpha value is -5.86. The molecule has 1 aromatic carbocycles. The molecule has 0 fully saturated rings. The lowest BCUT2D eigenvalue weighted by atomic mass is 9.94. The number of fused-ring (bicyclic) bond motifs is 3. The highest BCUT2D eigenvalue weighted by molar-refractivity contribution is 6.00. The van der Waals surface area contributed by atoms with Crippen molar-refractivity contribution in [1.82, 2.24) is 15.2 Å². The van der Waals surface area contributed by atoms with Crippen molar-refractivity contribution < 1.29 is 42.8 Å². The van der Waals surface area contributed by atoms with Crippen molar-refractivity contribution in [3.05, 3.63) is 100.0 Å². The zero-order chi connectivity index (χ0) is 36.4. The van der Waals surface area contributed by atoms with Gasteiger partial charge in [-0.15, -0.1) is 0 Å². The van der Waals surface area contributed by atoms with Crippen molar-refractivity contribution in [3.8, 4) is 0 Å². The minimum absolute atomic E-state index is 0.0463. The topological polar surface area (TPSA) is 200 Å². The van der Waals surface area contributed by atoms with Crippen LogP contribution in [0.2, 0.25) is 0 Å². The summed E-state index contributed by atoms with van der Waals surface area (Å²) in [6.45, 7) is 7.71. The number of rotatable bonds is 4. The lowest BCUT2D eigenvalue weighted by molar-refractivity contribution is -0.384. The Morgan fingerprint density at radius 2 is 1.90 bits per heavy atom. The van der Waals surface area contributed by atoms with E-state index in [0.717, 1.165) is 6.26 Å². The lowest BCUT2D eigenvalue weighted by Crippen LogP contribution is -2.36. The van der Waals surface area contributed by atoms with E-state index in [4.69, 9.17) is 13.9 Å². The summed E-state index contributed by atoms with van der Waals surface area (Å²) in [6, 6.07) is 5.12. The van der Waals surface area contributed by atoms with E-state index in [1.807, 2.05) is 20.8 Å². The van der Waals surface area contributed by atoms with Crippen LogP contribution in [0.1, 0.15) is 56.9 Å². The van der Waals surface area contributed by atoms with Crippen LogP contribution in [-0.2, 0) is 30.3 Å². The first-order valence-electron chi connectivity index (χ1n) is 16.0. The molecule has 2 aliphatic heterocycles. The second kappa shape index (κ2) is 17.0. The van der Waals surface area contributed by atoms with Crippen LogP contribution < -0.4 is 10.6 Å². The molecule has 1 aromatic heterocycles. The van der Waals surface area contributed by atoms with E-state index < -0.39 is 40.9 Å². The average molecular weight is 690 g/mol. The van der Waals surface area contributed by atoms with Gasteiger partial charge in [0.05, 0.1) is 11.3 Å². The van der Waals surface area contributed by atoms with Crippen LogP contribution in [0.25, 0.3) is 0 Å². The Morgan fingerprint density at radius 1 is 1.16 bits per heavy atom. The molecule has 15 nitrogen and oxygen atoms in total. The van der Waals surface area contributed by atoms with Crippen molar-refractivity contribution in [1.29, 1.82) is 0 Å². The summed E-state index contributed by atoms with van der Waals surface area (Å²) in [7, 11) is 0. The van der Waals surface area contributed by atoms with Crippen molar-refractivity contribution in [2.75, 3.05) is 18.4 Å². The van der Waals surface area contributed by atoms with Crippen molar-refractivity contribution in [2.24, 2.45) is 11.8 Å². The molecule has 0 radical (unpaired) electrons. The quantitative estimate of drug-likeness (QED) is 0.253. The van der Waals surface area contributed by atoms with E-state index in [1.54, 1.807) is 37.3 Å². The summed E-state index contributed by atoms with van der Waals surface area (Å²) in [5, 5.41) is 16.2. The molecule has 1 unspecified atom stereocenters. The SMILES string of the molecule is CC1=C\[C@@H](OC(=O)Nc2ccc([N+](=O)[O-])cc2)CC(=O)Cc2nc(co2)C(=O)N2CCC=C2C(=O)OC(C(C)C)[C@H](C)/C=C/C(=O)NC\C=C\1. The Bertz CT molecular complexity index is 1740. The molecule has 3 heterocycles. The second-order valence-electron chi connectivity index (χ2n) is 12.1. The maximum absolute atomic E-state index is 13.4. The first-order valence-corrected chi connectivity index (χ1v) is 16.0. The van der Waals surface area contributed by atoms with Gasteiger partial charge in [0.2, 0.25) is 11.8 Å². The van der Waals surface area contributed by atoms with Gasteiger partial charge in [-0.3, -0.25) is 29.8 Å². The van der Waals surface area contributed by atoms with Crippen LogP contribution in [0, 0.1) is 22.0 Å². The van der Waals surface area contributed by atoms with E-state index in [2.05, 4.69) is 15.6 Å². The normalized spacial score (nSPS) is 23.5. The summed E-state index contributed by atoms with van der Waals surface area (Å²) in [6.07, 6.45) is 7.91. The van der Waals surface area contributed by atoms with Gasteiger partial charge >= 0.3 is 12.1 Å². The standard InChI is InChI=1S/C35H39N5O10/c1-21(2)32-23(4)9-14-30(42)36-15-5-7-22(3)17-27(49-35(45)37-24-10-12-25(13-11-24)40(46)47)18-26(41)19-31-38-28(20-48-31)33(43)39-16-6-8-29(39)34(44)50-32/h5,7-14,17,20-21,23,27,32H,6,15-16,18-19H2,1-4H3,(H,36,42)(H,37,45)/b7-5+,14-9+,22-17+/t23-,27-,32?/m1/s1. The third-order valence-electron chi connectivity index (χ3n) is 7.76. The first-order chi connectivity index (χ1) is 23.8. The molecule has 264 valence electrons. The molecule has 4 rings (SSSR count). The van der Waals surface area contributed by atoms with E-state index in [0.29, 0.717) is 12.0 Å².